The molecule has 0 aliphatic heterocycles. The molecule has 0 fully saturated rings. The molecule has 0 unspecified atom stereocenters. The molecule has 0 saturated heterocycles. The zero-order valence-corrected chi connectivity index (χ0v) is 15.1. The van der Waals surface area contributed by atoms with Crippen LogP contribution in [0.15, 0.2) is 66.7 Å². The first kappa shape index (κ1) is 18.1. The van der Waals surface area contributed by atoms with Crippen LogP contribution in [-0.4, -0.2) is 7.11 Å². The molecule has 0 heterocycles. The van der Waals surface area contributed by atoms with Crippen molar-refractivity contribution in [1.82, 2.24) is 0 Å². The molecule has 0 aliphatic carbocycles. The van der Waals surface area contributed by atoms with Crippen molar-refractivity contribution < 1.29 is 13.9 Å². The summed E-state index contributed by atoms with van der Waals surface area (Å²) in [6.45, 7) is 0.885. The second-order valence-electron chi connectivity index (χ2n) is 5.74. The summed E-state index contributed by atoms with van der Waals surface area (Å²) < 4.78 is 24.2. The predicted octanol–water partition coefficient (Wildman–Crippen LogP) is 5.68. The summed E-state index contributed by atoms with van der Waals surface area (Å²) in [4.78, 5) is 0. The number of ether oxygens (including phenoxy) is 2. The van der Waals surface area contributed by atoms with Crippen molar-refractivity contribution in [2.24, 2.45) is 0 Å². The predicted molar refractivity (Wildman–Crippen MR) is 103 cm³/mol. The maximum Gasteiger partial charge on any atom is 0.180 e. The van der Waals surface area contributed by atoms with E-state index in [1.807, 2.05) is 42.5 Å². The van der Waals surface area contributed by atoms with Crippen molar-refractivity contribution >= 4 is 17.3 Å². The van der Waals surface area contributed by atoms with Crippen LogP contribution in [0.1, 0.15) is 11.1 Å². The normalized spacial score (nSPS) is 10.4. The Morgan fingerprint density at radius 3 is 2.38 bits per heavy atom. The summed E-state index contributed by atoms with van der Waals surface area (Å²) >= 11 is 6.39. The van der Waals surface area contributed by atoms with Crippen molar-refractivity contribution in [2.45, 2.75) is 13.2 Å². The highest BCUT2D eigenvalue weighted by atomic mass is 35.5. The molecule has 5 heteroatoms. The van der Waals surface area contributed by atoms with Gasteiger partial charge in [0.05, 0.1) is 12.1 Å². The third-order valence-electron chi connectivity index (χ3n) is 3.86. The molecule has 0 radical (unpaired) electrons. The highest BCUT2D eigenvalue weighted by Gasteiger charge is 2.12. The summed E-state index contributed by atoms with van der Waals surface area (Å²) in [6.07, 6.45) is 0. The van der Waals surface area contributed by atoms with Gasteiger partial charge in [-0.25, -0.2) is 4.39 Å². The topological polar surface area (TPSA) is 30.5 Å². The molecule has 3 aromatic rings. The molecule has 0 aromatic heterocycles. The molecule has 0 saturated carbocycles. The first-order chi connectivity index (χ1) is 12.7. The van der Waals surface area contributed by atoms with Gasteiger partial charge in [0.15, 0.2) is 11.5 Å². The van der Waals surface area contributed by atoms with Crippen LogP contribution in [0.3, 0.4) is 0 Å². The quantitative estimate of drug-likeness (QED) is 0.579. The van der Waals surface area contributed by atoms with Gasteiger partial charge in [-0.1, -0.05) is 41.9 Å². The first-order valence-corrected chi connectivity index (χ1v) is 8.56. The van der Waals surface area contributed by atoms with Gasteiger partial charge in [-0.2, -0.15) is 0 Å². The number of rotatable bonds is 7. The minimum atomic E-state index is -0.278. The lowest BCUT2D eigenvalue weighted by Crippen LogP contribution is -2.02. The van der Waals surface area contributed by atoms with Gasteiger partial charge in [-0.3, -0.25) is 0 Å². The number of methoxy groups -OCH3 is 1. The number of anilines is 1. The highest BCUT2D eigenvalue weighted by molar-refractivity contribution is 6.32. The van der Waals surface area contributed by atoms with E-state index in [1.54, 1.807) is 19.2 Å². The Morgan fingerprint density at radius 2 is 1.69 bits per heavy atom. The monoisotopic (exact) mass is 371 g/mol. The SMILES string of the molecule is COc1cc(CNc2ccccc2)cc(Cl)c1OCc1ccc(F)cc1. The van der Waals surface area contributed by atoms with E-state index in [1.165, 1.54) is 12.1 Å². The Balaban J connectivity index is 1.71. The summed E-state index contributed by atoms with van der Waals surface area (Å²) in [7, 11) is 1.57. The van der Waals surface area contributed by atoms with E-state index in [9.17, 15) is 4.39 Å². The summed E-state index contributed by atoms with van der Waals surface area (Å²) in [6, 6.07) is 19.8. The van der Waals surface area contributed by atoms with Crippen LogP contribution in [-0.2, 0) is 13.2 Å². The van der Waals surface area contributed by atoms with Crippen molar-refractivity contribution in [1.29, 1.82) is 0 Å². The van der Waals surface area contributed by atoms with E-state index >= 15 is 0 Å². The lowest BCUT2D eigenvalue weighted by atomic mass is 10.2. The Kier molecular flexibility index (Phi) is 5.97. The van der Waals surface area contributed by atoms with Gasteiger partial charge < -0.3 is 14.8 Å². The van der Waals surface area contributed by atoms with Crippen LogP contribution < -0.4 is 14.8 Å². The molecule has 0 spiro atoms. The second kappa shape index (κ2) is 8.59. The Hall–Kier alpha value is -2.72. The lowest BCUT2D eigenvalue weighted by molar-refractivity contribution is 0.284. The van der Waals surface area contributed by atoms with Gasteiger partial charge in [0.25, 0.3) is 0 Å². The van der Waals surface area contributed by atoms with E-state index in [4.69, 9.17) is 21.1 Å². The maximum atomic E-state index is 13.0. The van der Waals surface area contributed by atoms with E-state index < -0.39 is 0 Å². The molecule has 3 aromatic carbocycles. The number of benzene rings is 3. The Labute approximate surface area is 157 Å². The smallest absolute Gasteiger partial charge is 0.180 e. The van der Waals surface area contributed by atoms with Crippen LogP contribution in [0, 0.1) is 5.82 Å². The standard InChI is InChI=1S/C21H19ClFNO2/c1-25-20-12-16(13-24-18-5-3-2-4-6-18)11-19(22)21(20)26-14-15-7-9-17(23)10-8-15/h2-12,24H,13-14H2,1H3. The third kappa shape index (κ3) is 4.67. The van der Waals surface area contributed by atoms with Crippen LogP contribution in [0.4, 0.5) is 10.1 Å². The van der Waals surface area contributed by atoms with E-state index in [-0.39, 0.29) is 12.4 Å². The average Bonchev–Trinajstić information content (AvgIpc) is 2.67. The summed E-state index contributed by atoms with van der Waals surface area (Å²) in [5, 5.41) is 3.80. The van der Waals surface area contributed by atoms with Crippen LogP contribution in [0.25, 0.3) is 0 Å². The van der Waals surface area contributed by atoms with E-state index in [2.05, 4.69) is 5.32 Å². The first-order valence-electron chi connectivity index (χ1n) is 8.18. The van der Waals surface area contributed by atoms with Gasteiger partial charge in [0.1, 0.15) is 12.4 Å². The van der Waals surface area contributed by atoms with Gasteiger partial charge in [-0.05, 0) is 47.5 Å². The highest BCUT2D eigenvalue weighted by Crippen LogP contribution is 2.37. The van der Waals surface area contributed by atoms with E-state index in [0.29, 0.717) is 23.1 Å². The molecular formula is C21H19ClFNO2. The number of halogens is 2. The molecular weight excluding hydrogens is 353 g/mol. The fraction of sp³-hybridized carbons (Fsp3) is 0.143. The van der Waals surface area contributed by atoms with Gasteiger partial charge in [0, 0.05) is 12.2 Å². The van der Waals surface area contributed by atoms with Crippen LogP contribution in [0.2, 0.25) is 5.02 Å². The summed E-state index contributed by atoms with van der Waals surface area (Å²) in [5.41, 5.74) is 2.85. The van der Waals surface area contributed by atoms with Gasteiger partial charge in [-0.15, -0.1) is 0 Å². The van der Waals surface area contributed by atoms with E-state index in [0.717, 1.165) is 16.8 Å². The number of nitrogens with one attached hydrogen (secondary N) is 1. The van der Waals surface area contributed by atoms with Crippen LogP contribution in [0.5, 0.6) is 11.5 Å². The van der Waals surface area contributed by atoms with Crippen molar-refractivity contribution in [3.05, 3.63) is 88.7 Å². The van der Waals surface area contributed by atoms with Crippen molar-refractivity contribution in [2.75, 3.05) is 12.4 Å². The Morgan fingerprint density at radius 1 is 0.962 bits per heavy atom. The number of hydrogen-bond donors (Lipinski definition) is 1. The number of hydrogen-bond acceptors (Lipinski definition) is 3. The van der Waals surface area contributed by atoms with Crippen molar-refractivity contribution in [3.63, 3.8) is 0 Å². The molecule has 0 amide bonds. The third-order valence-corrected chi connectivity index (χ3v) is 4.14. The minimum absolute atomic E-state index is 0.276. The minimum Gasteiger partial charge on any atom is -0.493 e. The second-order valence-corrected chi connectivity index (χ2v) is 6.15. The molecule has 3 rings (SSSR count). The molecule has 1 N–H and O–H groups in total. The molecule has 26 heavy (non-hydrogen) atoms. The van der Waals surface area contributed by atoms with Crippen LogP contribution >= 0.6 is 11.6 Å². The molecule has 134 valence electrons. The van der Waals surface area contributed by atoms with Crippen molar-refractivity contribution in [3.8, 4) is 11.5 Å². The zero-order valence-electron chi connectivity index (χ0n) is 14.3. The lowest BCUT2D eigenvalue weighted by Gasteiger charge is -2.15. The molecule has 3 nitrogen and oxygen atoms in total. The average molecular weight is 372 g/mol. The zero-order chi connectivity index (χ0) is 18.4. The molecule has 0 bridgehead atoms. The Bertz CT molecular complexity index is 854. The maximum absolute atomic E-state index is 13.0. The summed E-state index contributed by atoms with van der Waals surface area (Å²) in [5.74, 6) is 0.756. The molecule has 0 aliphatic rings. The molecule has 0 atom stereocenters. The van der Waals surface area contributed by atoms with Gasteiger partial charge >= 0.3 is 0 Å². The largest absolute Gasteiger partial charge is 0.493 e. The fourth-order valence-corrected chi connectivity index (χ4v) is 2.80. The number of para-hydroxylation sites is 1. The van der Waals surface area contributed by atoms with Gasteiger partial charge in [0.2, 0.25) is 0 Å². The fourth-order valence-electron chi connectivity index (χ4n) is 2.51.